The molecule has 0 atom stereocenters. The van der Waals surface area contributed by atoms with Gasteiger partial charge in [0.25, 0.3) is 0 Å². The minimum Gasteiger partial charge on any atom is -0.388 e. The van der Waals surface area contributed by atoms with Gasteiger partial charge in [-0.1, -0.05) is 107 Å². The van der Waals surface area contributed by atoms with Gasteiger partial charge in [-0.2, -0.15) is 0 Å². The largest absolute Gasteiger partial charge is 0.388 e. The molecule has 0 bridgehead atoms. The Morgan fingerprint density at radius 1 is 0.750 bits per heavy atom. The molecular formula is C26H43NO. The van der Waals surface area contributed by atoms with Gasteiger partial charge in [0, 0.05) is 23.4 Å². The lowest BCUT2D eigenvalue weighted by molar-refractivity contribution is 0.103. The van der Waals surface area contributed by atoms with Crippen LogP contribution in [-0.4, -0.2) is 12.3 Å². The zero-order chi connectivity index (χ0) is 20.6. The quantitative estimate of drug-likeness (QED) is 0.179. The molecule has 0 aliphatic heterocycles. The third kappa shape index (κ3) is 10.7. The summed E-state index contributed by atoms with van der Waals surface area (Å²) in [6, 6.07) is 7.82. The zero-order valence-electron chi connectivity index (χ0n) is 18.9. The van der Waals surface area contributed by atoms with E-state index >= 15 is 0 Å². The molecule has 2 nitrogen and oxygen atoms in total. The molecule has 2 heteroatoms. The van der Waals surface area contributed by atoms with Crippen molar-refractivity contribution in [2.75, 3.05) is 6.54 Å². The van der Waals surface area contributed by atoms with E-state index < -0.39 is 0 Å². The Balaban J connectivity index is 2.08. The zero-order valence-corrected chi connectivity index (χ0v) is 18.9. The fourth-order valence-corrected chi connectivity index (χ4v) is 3.47. The summed E-state index contributed by atoms with van der Waals surface area (Å²) >= 11 is 0. The molecule has 0 fully saturated rings. The number of hydrogen-bond acceptors (Lipinski definition) is 2. The number of aryl methyl sites for hydroxylation is 1. The van der Waals surface area contributed by atoms with E-state index in [9.17, 15) is 4.79 Å². The smallest absolute Gasteiger partial charge is 0.190 e. The van der Waals surface area contributed by atoms with Gasteiger partial charge in [0.05, 0.1) is 0 Å². The van der Waals surface area contributed by atoms with Gasteiger partial charge >= 0.3 is 0 Å². The molecule has 28 heavy (non-hydrogen) atoms. The summed E-state index contributed by atoms with van der Waals surface area (Å²) in [6.45, 7) is 9.22. The number of Topliss-reactive ketones (excluding diaryl/α,β-unsaturated/α-hetero) is 1. The van der Waals surface area contributed by atoms with Gasteiger partial charge in [0.15, 0.2) is 5.78 Å². The van der Waals surface area contributed by atoms with E-state index in [1.54, 1.807) is 0 Å². The Morgan fingerprint density at radius 2 is 1.21 bits per heavy atom. The average molecular weight is 386 g/mol. The molecule has 0 saturated carbocycles. The molecular weight excluding hydrogens is 342 g/mol. The molecule has 0 spiro atoms. The van der Waals surface area contributed by atoms with E-state index in [2.05, 4.69) is 12.2 Å². The molecule has 0 heterocycles. The number of unbranched alkanes of at least 4 members (excludes halogenated alkanes) is 11. The van der Waals surface area contributed by atoms with Crippen LogP contribution in [0.5, 0.6) is 0 Å². The summed E-state index contributed by atoms with van der Waals surface area (Å²) in [5, 5.41) is 3.44. The number of allylic oxidation sites excluding steroid dienone is 2. The van der Waals surface area contributed by atoms with Crippen LogP contribution in [0.1, 0.15) is 114 Å². The van der Waals surface area contributed by atoms with Crippen LogP contribution in [0.25, 0.3) is 0 Å². The topological polar surface area (TPSA) is 29.1 Å². The number of carbonyl (C=O) groups is 1. The minimum atomic E-state index is 0.125. The molecule has 0 aromatic heterocycles. The Kier molecular flexibility index (Phi) is 13.4. The molecule has 158 valence electrons. The highest BCUT2D eigenvalue weighted by Gasteiger charge is 2.10. The molecule has 1 aromatic rings. The lowest BCUT2D eigenvalue weighted by atomic mass is 10.0. The summed E-state index contributed by atoms with van der Waals surface area (Å²) in [4.78, 5) is 12.5. The highest BCUT2D eigenvalue weighted by atomic mass is 16.1. The second-order valence-electron chi connectivity index (χ2n) is 8.26. The number of carbonyl (C=O) groups excluding carboxylic acids is 1. The summed E-state index contributed by atoms with van der Waals surface area (Å²) in [5.41, 5.74) is 3.78. The van der Waals surface area contributed by atoms with Gasteiger partial charge in [-0.3, -0.25) is 4.79 Å². The first-order chi connectivity index (χ1) is 13.6. The van der Waals surface area contributed by atoms with Gasteiger partial charge in [-0.25, -0.2) is 0 Å². The summed E-state index contributed by atoms with van der Waals surface area (Å²) in [6.07, 6.45) is 16.4. The van der Waals surface area contributed by atoms with Crippen molar-refractivity contribution < 1.29 is 4.79 Å². The van der Waals surface area contributed by atoms with Crippen molar-refractivity contribution in [2.45, 2.75) is 105 Å². The highest BCUT2D eigenvalue weighted by Crippen LogP contribution is 2.13. The number of benzene rings is 1. The fourth-order valence-electron chi connectivity index (χ4n) is 3.47. The molecule has 0 saturated heterocycles. The molecule has 0 unspecified atom stereocenters. The summed E-state index contributed by atoms with van der Waals surface area (Å²) in [5.74, 6) is 0.125. The molecule has 0 aliphatic rings. The third-order valence-corrected chi connectivity index (χ3v) is 5.64. The monoisotopic (exact) mass is 385 g/mol. The van der Waals surface area contributed by atoms with E-state index in [4.69, 9.17) is 0 Å². The van der Waals surface area contributed by atoms with E-state index in [-0.39, 0.29) is 5.78 Å². The minimum absolute atomic E-state index is 0.125. The maximum Gasteiger partial charge on any atom is 0.190 e. The average Bonchev–Trinajstić information content (AvgIpc) is 2.70. The number of nitrogens with one attached hydrogen (secondary N) is 1. The van der Waals surface area contributed by atoms with E-state index in [0.717, 1.165) is 23.4 Å². The van der Waals surface area contributed by atoms with Crippen LogP contribution in [0.15, 0.2) is 35.5 Å². The van der Waals surface area contributed by atoms with Crippen molar-refractivity contribution in [3.63, 3.8) is 0 Å². The van der Waals surface area contributed by atoms with Gasteiger partial charge < -0.3 is 5.32 Å². The summed E-state index contributed by atoms with van der Waals surface area (Å²) in [7, 11) is 0. The van der Waals surface area contributed by atoms with Crippen LogP contribution in [0.2, 0.25) is 0 Å². The first-order valence-electron chi connectivity index (χ1n) is 11.6. The first kappa shape index (κ1) is 24.5. The van der Waals surface area contributed by atoms with Crippen molar-refractivity contribution >= 4 is 5.78 Å². The van der Waals surface area contributed by atoms with Crippen LogP contribution in [0, 0.1) is 6.92 Å². The van der Waals surface area contributed by atoms with Crippen molar-refractivity contribution in [1.82, 2.24) is 5.32 Å². The highest BCUT2D eigenvalue weighted by molar-refractivity contribution is 6.08. The Labute approximate surface area is 174 Å². The summed E-state index contributed by atoms with van der Waals surface area (Å²) < 4.78 is 0. The van der Waals surface area contributed by atoms with Gasteiger partial charge in [-0.05, 0) is 27.2 Å². The maximum atomic E-state index is 12.5. The van der Waals surface area contributed by atoms with Crippen molar-refractivity contribution in [1.29, 1.82) is 0 Å². The first-order valence-corrected chi connectivity index (χ1v) is 11.6. The standard InChI is InChI=1S/C26H43NO/c1-5-6-7-8-9-10-11-12-13-14-15-16-21-27-24(4)23(3)26(28)25-19-17-22(2)18-20-25/h17-20,27H,5-16,21H2,1-4H3. The molecule has 0 aliphatic carbocycles. The number of hydrogen-bond donors (Lipinski definition) is 1. The number of ketones is 1. The predicted octanol–water partition coefficient (Wildman–Crippen LogP) is 7.76. The lowest BCUT2D eigenvalue weighted by Crippen LogP contribution is -2.17. The lowest BCUT2D eigenvalue weighted by Gasteiger charge is -2.11. The van der Waals surface area contributed by atoms with Crippen LogP contribution in [-0.2, 0) is 0 Å². The molecule has 0 amide bonds. The van der Waals surface area contributed by atoms with E-state index in [0.29, 0.717) is 0 Å². The second kappa shape index (κ2) is 15.4. The SMILES string of the molecule is CCCCCCCCCCCCCCNC(C)=C(C)C(=O)c1ccc(C)cc1. The van der Waals surface area contributed by atoms with Gasteiger partial charge in [-0.15, -0.1) is 0 Å². The maximum absolute atomic E-state index is 12.5. The molecule has 1 N–H and O–H groups in total. The predicted molar refractivity (Wildman–Crippen MR) is 123 cm³/mol. The van der Waals surface area contributed by atoms with Gasteiger partial charge in [0.2, 0.25) is 0 Å². The fraction of sp³-hybridized carbons (Fsp3) is 0.654. The molecule has 1 aromatic carbocycles. The Morgan fingerprint density at radius 3 is 1.71 bits per heavy atom. The van der Waals surface area contributed by atoms with Crippen LogP contribution in [0.4, 0.5) is 0 Å². The second-order valence-corrected chi connectivity index (χ2v) is 8.26. The van der Waals surface area contributed by atoms with Crippen molar-refractivity contribution in [2.24, 2.45) is 0 Å². The van der Waals surface area contributed by atoms with Gasteiger partial charge in [0.1, 0.15) is 0 Å². The van der Waals surface area contributed by atoms with E-state index in [1.807, 2.05) is 45.0 Å². The Hall–Kier alpha value is -1.57. The van der Waals surface area contributed by atoms with Crippen LogP contribution >= 0.6 is 0 Å². The Bertz CT molecular complexity index is 571. The molecule has 1 rings (SSSR count). The normalized spacial score (nSPS) is 12.0. The third-order valence-electron chi connectivity index (χ3n) is 5.64. The van der Waals surface area contributed by atoms with E-state index in [1.165, 1.54) is 82.6 Å². The van der Waals surface area contributed by atoms with Crippen LogP contribution < -0.4 is 5.32 Å². The van der Waals surface area contributed by atoms with Crippen LogP contribution in [0.3, 0.4) is 0 Å². The van der Waals surface area contributed by atoms with Crippen molar-refractivity contribution in [3.8, 4) is 0 Å². The number of rotatable bonds is 16. The van der Waals surface area contributed by atoms with Crippen molar-refractivity contribution in [3.05, 3.63) is 46.7 Å². The molecule has 0 radical (unpaired) electrons.